The third kappa shape index (κ3) is 6.63. The summed E-state index contributed by atoms with van der Waals surface area (Å²) in [4.78, 5) is 21.9. The highest BCUT2D eigenvalue weighted by Crippen LogP contribution is 2.07. The van der Waals surface area contributed by atoms with Crippen molar-refractivity contribution in [3.05, 3.63) is 12.7 Å². The number of carbonyl (C=O) groups excluding carboxylic acids is 2. The Hall–Kier alpha value is -1.90. The first-order valence-electron chi connectivity index (χ1n) is 4.61. The summed E-state index contributed by atoms with van der Waals surface area (Å²) in [6, 6.07) is 0. The molecule has 0 aromatic rings. The van der Waals surface area contributed by atoms with Gasteiger partial charge in [0.2, 0.25) is 0 Å². The van der Waals surface area contributed by atoms with Gasteiger partial charge in [0.15, 0.2) is 0 Å². The number of hydrogen-bond donors (Lipinski definition) is 1. The lowest BCUT2D eigenvalue weighted by atomic mass is 10.2. The molecule has 0 saturated carbocycles. The summed E-state index contributed by atoms with van der Waals surface area (Å²) in [7, 11) is -4.17. The molecule has 0 aromatic carbocycles. The second-order valence-electron chi connectivity index (χ2n) is 3.55. The monoisotopic (exact) mass is 279 g/mol. The van der Waals surface area contributed by atoms with Crippen molar-refractivity contribution in [3.63, 3.8) is 0 Å². The molecule has 0 fully saturated rings. The molecule has 0 aromatic heterocycles. The maximum absolute atomic E-state index is 11.0. The van der Waals surface area contributed by atoms with Gasteiger partial charge in [-0.2, -0.15) is 8.42 Å². The Balaban J connectivity index is 4.38. The van der Waals surface area contributed by atoms with Crippen LogP contribution in [0.1, 0.15) is 13.8 Å². The summed E-state index contributed by atoms with van der Waals surface area (Å²) in [5, 5.41) is 6.90. The van der Waals surface area contributed by atoms with Crippen LogP contribution in [-0.4, -0.2) is 38.3 Å². The predicted molar refractivity (Wildman–Crippen MR) is 60.9 cm³/mol. The van der Waals surface area contributed by atoms with Crippen LogP contribution in [0.4, 0.5) is 9.59 Å². The van der Waals surface area contributed by atoms with E-state index in [0.717, 1.165) is 12.3 Å². The lowest BCUT2D eigenvalue weighted by molar-refractivity contribution is 0.0240. The number of ether oxygens (including phenoxy) is 2. The van der Waals surface area contributed by atoms with Crippen molar-refractivity contribution in [3.8, 4) is 0 Å². The van der Waals surface area contributed by atoms with E-state index in [1.165, 1.54) is 13.8 Å². The molecule has 0 bridgehead atoms. The summed E-state index contributed by atoms with van der Waals surface area (Å²) in [6.45, 7) is 5.87. The maximum Gasteiger partial charge on any atom is 0.534 e. The molecular formula is C9H13NO7S. The molecule has 0 aliphatic rings. The molecule has 0 spiro atoms. The minimum Gasteiger partial charge on any atom is -0.422 e. The van der Waals surface area contributed by atoms with E-state index in [9.17, 15) is 18.0 Å². The first kappa shape index (κ1) is 16.1. The van der Waals surface area contributed by atoms with Gasteiger partial charge in [-0.1, -0.05) is 6.08 Å². The van der Waals surface area contributed by atoms with E-state index in [1.807, 2.05) is 0 Å². The molecule has 0 aliphatic carbocycles. The molecule has 0 amide bonds. The van der Waals surface area contributed by atoms with Gasteiger partial charge in [-0.3, -0.25) is 0 Å². The fourth-order valence-corrected chi connectivity index (χ4v) is 1.23. The maximum atomic E-state index is 11.0. The van der Waals surface area contributed by atoms with Gasteiger partial charge >= 0.3 is 22.4 Å². The van der Waals surface area contributed by atoms with Crippen molar-refractivity contribution in [1.82, 2.24) is 0 Å². The zero-order chi connectivity index (χ0) is 14.4. The average molecular weight is 279 g/mol. The fraction of sp³-hybridized carbons (Fsp3) is 0.444. The molecule has 102 valence electrons. The van der Waals surface area contributed by atoms with E-state index in [2.05, 4.69) is 20.2 Å². The number of rotatable bonds is 5. The number of nitrogens with one attached hydrogen (secondary N) is 1. The quantitative estimate of drug-likeness (QED) is 0.264. The standard InChI is InChI=1S/C9H13NO7S/c1-4-5-18(13,14)17-8(12)15-7(11)16-9(2,3)6-10/h4,6,10H,1,5H2,2-3H3. The van der Waals surface area contributed by atoms with Gasteiger partial charge < -0.3 is 19.1 Å². The van der Waals surface area contributed by atoms with E-state index in [0.29, 0.717) is 0 Å². The van der Waals surface area contributed by atoms with Crippen LogP contribution in [0.5, 0.6) is 0 Å². The molecule has 9 heteroatoms. The SMILES string of the molecule is C=CCS(=O)(=O)OC(=O)OC(=O)OC(C)(C)C=N. The minimum atomic E-state index is -4.17. The zero-order valence-electron chi connectivity index (χ0n) is 9.83. The van der Waals surface area contributed by atoms with Crippen LogP contribution in [0.15, 0.2) is 12.7 Å². The lowest BCUT2D eigenvalue weighted by Crippen LogP contribution is -2.31. The van der Waals surface area contributed by atoms with Crippen LogP contribution < -0.4 is 0 Å². The second kappa shape index (κ2) is 6.15. The highest BCUT2D eigenvalue weighted by atomic mass is 32.2. The fourth-order valence-electron chi connectivity index (χ4n) is 0.632. The van der Waals surface area contributed by atoms with Crippen LogP contribution in [0.3, 0.4) is 0 Å². The summed E-state index contributed by atoms with van der Waals surface area (Å²) in [5.41, 5.74) is -1.28. The van der Waals surface area contributed by atoms with E-state index in [-0.39, 0.29) is 0 Å². The van der Waals surface area contributed by atoms with Crippen LogP contribution in [-0.2, 0) is 23.8 Å². The molecule has 0 heterocycles. The molecule has 0 unspecified atom stereocenters. The van der Waals surface area contributed by atoms with E-state index in [1.54, 1.807) is 0 Å². The van der Waals surface area contributed by atoms with Crippen molar-refractivity contribution in [2.75, 3.05) is 5.75 Å². The summed E-state index contributed by atoms with van der Waals surface area (Å²) < 4.78 is 34.3. The summed E-state index contributed by atoms with van der Waals surface area (Å²) >= 11 is 0. The van der Waals surface area contributed by atoms with Crippen LogP contribution in [0, 0.1) is 5.41 Å². The molecule has 0 saturated heterocycles. The van der Waals surface area contributed by atoms with Gasteiger partial charge in [0.05, 0.1) is 0 Å². The van der Waals surface area contributed by atoms with Gasteiger partial charge in [-0.15, -0.1) is 6.58 Å². The molecule has 1 N–H and O–H groups in total. The predicted octanol–water partition coefficient (Wildman–Crippen LogP) is 1.22. The minimum absolute atomic E-state index is 0.608. The Morgan fingerprint density at radius 1 is 1.33 bits per heavy atom. The van der Waals surface area contributed by atoms with Gasteiger partial charge in [-0.05, 0) is 13.8 Å². The summed E-state index contributed by atoms with van der Waals surface area (Å²) in [5.74, 6) is -0.608. The summed E-state index contributed by atoms with van der Waals surface area (Å²) in [6.07, 6.45) is -1.41. The van der Waals surface area contributed by atoms with Crippen molar-refractivity contribution in [1.29, 1.82) is 5.41 Å². The Morgan fingerprint density at radius 2 is 1.89 bits per heavy atom. The first-order valence-corrected chi connectivity index (χ1v) is 6.19. The molecule has 8 nitrogen and oxygen atoms in total. The third-order valence-electron chi connectivity index (χ3n) is 1.38. The van der Waals surface area contributed by atoms with E-state index in [4.69, 9.17) is 5.41 Å². The van der Waals surface area contributed by atoms with Gasteiger partial charge in [0.25, 0.3) is 0 Å². The molecular weight excluding hydrogens is 266 g/mol. The molecule has 0 aliphatic heterocycles. The second-order valence-corrected chi connectivity index (χ2v) is 5.16. The Kier molecular flexibility index (Phi) is 5.50. The van der Waals surface area contributed by atoms with E-state index >= 15 is 0 Å². The Morgan fingerprint density at radius 3 is 2.33 bits per heavy atom. The molecule has 0 rings (SSSR count). The average Bonchev–Trinajstić information content (AvgIpc) is 2.14. The van der Waals surface area contributed by atoms with E-state index < -0.39 is 33.8 Å². The van der Waals surface area contributed by atoms with Crippen molar-refractivity contribution >= 4 is 28.6 Å². The van der Waals surface area contributed by atoms with Crippen LogP contribution >= 0.6 is 0 Å². The van der Waals surface area contributed by atoms with Crippen LogP contribution in [0.2, 0.25) is 0 Å². The Labute approximate surface area is 104 Å². The molecule has 18 heavy (non-hydrogen) atoms. The molecule has 0 radical (unpaired) electrons. The largest absolute Gasteiger partial charge is 0.534 e. The first-order chi connectivity index (χ1) is 8.12. The normalized spacial score (nSPS) is 11.2. The van der Waals surface area contributed by atoms with Crippen molar-refractivity contribution in [2.24, 2.45) is 0 Å². The number of carbonyl (C=O) groups is 2. The third-order valence-corrected chi connectivity index (χ3v) is 2.41. The number of hydrogen-bond acceptors (Lipinski definition) is 8. The van der Waals surface area contributed by atoms with Crippen molar-refractivity contribution < 1.29 is 31.7 Å². The molecule has 0 atom stereocenters. The van der Waals surface area contributed by atoms with Gasteiger partial charge in [-0.25, -0.2) is 9.59 Å². The highest BCUT2D eigenvalue weighted by Gasteiger charge is 2.25. The van der Waals surface area contributed by atoms with Crippen LogP contribution in [0.25, 0.3) is 0 Å². The van der Waals surface area contributed by atoms with Gasteiger partial charge in [0.1, 0.15) is 11.4 Å². The highest BCUT2D eigenvalue weighted by molar-refractivity contribution is 7.87. The smallest absolute Gasteiger partial charge is 0.422 e. The van der Waals surface area contributed by atoms with Crippen molar-refractivity contribution in [2.45, 2.75) is 19.4 Å². The zero-order valence-corrected chi connectivity index (χ0v) is 10.7. The topological polar surface area (TPSA) is 120 Å². The Bertz CT molecular complexity index is 452. The lowest BCUT2D eigenvalue weighted by Gasteiger charge is -2.17. The van der Waals surface area contributed by atoms with Gasteiger partial charge in [0, 0.05) is 6.21 Å².